The van der Waals surface area contributed by atoms with Gasteiger partial charge in [0.15, 0.2) is 5.13 Å². The first-order chi connectivity index (χ1) is 16.8. The second kappa shape index (κ2) is 9.38. The van der Waals surface area contributed by atoms with E-state index < -0.39 is 11.9 Å². The van der Waals surface area contributed by atoms with Gasteiger partial charge in [-0.1, -0.05) is 29.5 Å². The van der Waals surface area contributed by atoms with Crippen molar-refractivity contribution in [2.24, 2.45) is 5.92 Å². The number of thiophene rings is 1. The van der Waals surface area contributed by atoms with Crippen molar-refractivity contribution in [3.8, 4) is 11.1 Å². The van der Waals surface area contributed by atoms with E-state index in [4.69, 9.17) is 0 Å². The smallest absolute Gasteiger partial charge is 0.348 e. The number of nitrogens with zero attached hydrogens (tertiary/aromatic N) is 3. The molecule has 4 heterocycles. The molecule has 180 valence electrons. The largest absolute Gasteiger partial charge is 0.433 e. The Hall–Kier alpha value is -3.31. The first-order valence-electron chi connectivity index (χ1n) is 10.9. The van der Waals surface area contributed by atoms with Gasteiger partial charge in [-0.25, -0.2) is 4.98 Å². The highest BCUT2D eigenvalue weighted by Gasteiger charge is 2.32. The lowest BCUT2D eigenvalue weighted by atomic mass is 9.99. The Balaban J connectivity index is 1.23. The summed E-state index contributed by atoms with van der Waals surface area (Å²) in [6, 6.07) is 11.0. The number of carbonyl (C=O) groups is 2. The number of pyridine rings is 1. The van der Waals surface area contributed by atoms with Crippen molar-refractivity contribution in [2.75, 3.05) is 23.3 Å². The summed E-state index contributed by atoms with van der Waals surface area (Å²) in [6.45, 7) is 1.60. The number of aldehydes is 1. The van der Waals surface area contributed by atoms with Crippen LogP contribution in [0.4, 0.5) is 24.0 Å². The van der Waals surface area contributed by atoms with E-state index in [0.717, 1.165) is 52.9 Å². The molecule has 4 aromatic rings. The predicted molar refractivity (Wildman–Crippen MR) is 131 cm³/mol. The molecule has 3 aromatic heterocycles. The second-order valence-electron chi connectivity index (χ2n) is 8.20. The Morgan fingerprint density at radius 3 is 2.37 bits per heavy atom. The summed E-state index contributed by atoms with van der Waals surface area (Å²) in [5, 5.41) is 3.76. The van der Waals surface area contributed by atoms with Crippen LogP contribution in [0.15, 0.2) is 48.7 Å². The third kappa shape index (κ3) is 5.06. The number of piperidine rings is 1. The number of nitrogens with one attached hydrogen (secondary N) is 1. The van der Waals surface area contributed by atoms with Crippen LogP contribution in [-0.4, -0.2) is 35.3 Å². The Morgan fingerprint density at radius 2 is 1.77 bits per heavy atom. The number of fused-ring (bicyclic) bond motifs is 1. The fraction of sp³-hybridized carbons (Fsp3) is 0.250. The lowest BCUT2D eigenvalue weighted by molar-refractivity contribution is -0.141. The summed E-state index contributed by atoms with van der Waals surface area (Å²) in [4.78, 5) is 35.4. The van der Waals surface area contributed by atoms with E-state index in [-0.39, 0.29) is 11.8 Å². The topological polar surface area (TPSA) is 75.2 Å². The molecule has 0 atom stereocenters. The van der Waals surface area contributed by atoms with Gasteiger partial charge in [0.05, 0.1) is 9.58 Å². The molecule has 6 nitrogen and oxygen atoms in total. The van der Waals surface area contributed by atoms with Gasteiger partial charge < -0.3 is 15.0 Å². The van der Waals surface area contributed by atoms with Crippen LogP contribution >= 0.6 is 22.7 Å². The third-order valence-electron chi connectivity index (χ3n) is 5.83. The van der Waals surface area contributed by atoms with Crippen LogP contribution in [0.2, 0.25) is 0 Å². The van der Waals surface area contributed by atoms with Gasteiger partial charge in [-0.05, 0) is 42.7 Å². The van der Waals surface area contributed by atoms with Gasteiger partial charge in [0.2, 0.25) is 0 Å². The SMILES string of the molecule is O=CC1CCN(c2nc3sc(C(=O)Nc4ccc(-c5ccc(C(F)(F)F)nc5)cc4)cc3s2)CC1. The van der Waals surface area contributed by atoms with Crippen LogP contribution in [0.1, 0.15) is 28.2 Å². The number of alkyl halides is 3. The van der Waals surface area contributed by atoms with Crippen molar-refractivity contribution in [1.29, 1.82) is 0 Å². The monoisotopic (exact) mass is 516 g/mol. The van der Waals surface area contributed by atoms with E-state index >= 15 is 0 Å². The van der Waals surface area contributed by atoms with Gasteiger partial charge >= 0.3 is 6.18 Å². The highest BCUT2D eigenvalue weighted by Crippen LogP contribution is 2.36. The minimum Gasteiger partial charge on any atom is -0.348 e. The van der Waals surface area contributed by atoms with Crippen molar-refractivity contribution in [2.45, 2.75) is 19.0 Å². The minimum atomic E-state index is -4.48. The Morgan fingerprint density at radius 1 is 1.06 bits per heavy atom. The molecule has 0 aliphatic carbocycles. The molecule has 35 heavy (non-hydrogen) atoms. The van der Waals surface area contributed by atoms with Gasteiger partial charge in [0, 0.05) is 36.5 Å². The Bertz CT molecular complexity index is 1320. The molecule has 1 fully saturated rings. The Labute approximate surface area is 206 Å². The molecule has 11 heteroatoms. The molecule has 1 aliphatic heterocycles. The molecule has 1 aliphatic rings. The molecular formula is C24H19F3N4O2S2. The minimum absolute atomic E-state index is 0.128. The second-order valence-corrected chi connectivity index (χ2v) is 10.2. The van der Waals surface area contributed by atoms with E-state index in [9.17, 15) is 22.8 Å². The van der Waals surface area contributed by atoms with Crippen molar-refractivity contribution >= 4 is 55.2 Å². The maximum absolute atomic E-state index is 12.7. The molecule has 1 saturated heterocycles. The quantitative estimate of drug-likeness (QED) is 0.324. The summed E-state index contributed by atoms with van der Waals surface area (Å²) in [5.41, 5.74) is 0.869. The number of aromatic nitrogens is 2. The van der Waals surface area contributed by atoms with Gasteiger partial charge in [-0.2, -0.15) is 13.2 Å². The summed E-state index contributed by atoms with van der Waals surface area (Å²) < 4.78 is 39.0. The zero-order valence-corrected chi connectivity index (χ0v) is 19.8. The molecule has 0 saturated carbocycles. The number of hydrogen-bond acceptors (Lipinski definition) is 7. The van der Waals surface area contributed by atoms with Gasteiger partial charge in [0.1, 0.15) is 16.8 Å². The van der Waals surface area contributed by atoms with E-state index in [1.54, 1.807) is 24.3 Å². The van der Waals surface area contributed by atoms with Gasteiger partial charge in [0.25, 0.3) is 5.91 Å². The molecule has 1 N–H and O–H groups in total. The highest BCUT2D eigenvalue weighted by atomic mass is 32.1. The van der Waals surface area contributed by atoms with Crippen LogP contribution in [-0.2, 0) is 11.0 Å². The summed E-state index contributed by atoms with van der Waals surface area (Å²) in [7, 11) is 0. The van der Waals surface area contributed by atoms with E-state index in [1.807, 2.05) is 6.07 Å². The van der Waals surface area contributed by atoms with Crippen molar-refractivity contribution < 1.29 is 22.8 Å². The number of anilines is 2. The predicted octanol–water partition coefficient (Wildman–Crippen LogP) is 6.11. The fourth-order valence-corrected chi connectivity index (χ4v) is 6.03. The first-order valence-corrected chi connectivity index (χ1v) is 12.5. The van der Waals surface area contributed by atoms with Gasteiger partial charge in [-0.15, -0.1) is 11.3 Å². The van der Waals surface area contributed by atoms with Crippen molar-refractivity contribution in [3.63, 3.8) is 0 Å². The van der Waals surface area contributed by atoms with Crippen LogP contribution in [0.5, 0.6) is 0 Å². The number of carbonyl (C=O) groups excluding carboxylic acids is 2. The maximum Gasteiger partial charge on any atom is 0.433 e. The zero-order chi connectivity index (χ0) is 24.6. The molecule has 0 bridgehead atoms. The molecule has 5 rings (SSSR count). The number of hydrogen-bond donors (Lipinski definition) is 1. The van der Waals surface area contributed by atoms with Crippen LogP contribution in [0.3, 0.4) is 0 Å². The van der Waals surface area contributed by atoms with E-state index in [1.165, 1.54) is 34.9 Å². The maximum atomic E-state index is 12.7. The van der Waals surface area contributed by atoms with Gasteiger partial charge in [-0.3, -0.25) is 9.78 Å². The normalized spacial score (nSPS) is 14.9. The summed E-state index contributed by atoms with van der Waals surface area (Å²) >= 11 is 2.86. The highest BCUT2D eigenvalue weighted by molar-refractivity contribution is 7.29. The van der Waals surface area contributed by atoms with E-state index in [0.29, 0.717) is 21.7 Å². The number of amides is 1. The Kier molecular flexibility index (Phi) is 6.28. The lowest BCUT2D eigenvalue weighted by Crippen LogP contribution is -2.33. The fourth-order valence-electron chi connectivity index (χ4n) is 3.87. The molecular weight excluding hydrogens is 497 g/mol. The summed E-state index contributed by atoms with van der Waals surface area (Å²) in [6.07, 6.45) is -0.603. The first kappa shape index (κ1) is 23.4. The number of thiazole rings is 1. The average Bonchev–Trinajstić information content (AvgIpc) is 3.44. The molecule has 0 radical (unpaired) electrons. The number of halogens is 3. The standard InChI is InChI=1S/C24H19F3N4O2S2/c25-24(26,27)20-6-3-16(12-28-20)15-1-4-17(5-2-15)29-21(33)18-11-19-22(34-18)30-23(35-19)31-9-7-14(13-32)8-10-31/h1-6,11-14H,7-10H2,(H,29,33). The number of rotatable bonds is 5. The van der Waals surface area contributed by atoms with Crippen LogP contribution < -0.4 is 10.2 Å². The zero-order valence-electron chi connectivity index (χ0n) is 18.2. The molecule has 1 aromatic carbocycles. The number of benzene rings is 1. The lowest BCUT2D eigenvalue weighted by Gasteiger charge is -2.29. The third-order valence-corrected chi connectivity index (χ3v) is 8.05. The van der Waals surface area contributed by atoms with E-state index in [2.05, 4.69) is 20.2 Å². The van der Waals surface area contributed by atoms with Crippen LogP contribution in [0.25, 0.3) is 20.7 Å². The molecule has 1 amide bonds. The molecule has 0 spiro atoms. The molecule has 0 unspecified atom stereocenters. The summed E-state index contributed by atoms with van der Waals surface area (Å²) in [5.74, 6) is -0.124. The van der Waals surface area contributed by atoms with Crippen LogP contribution in [0, 0.1) is 5.92 Å². The van der Waals surface area contributed by atoms with Crippen molar-refractivity contribution in [1.82, 2.24) is 9.97 Å². The average molecular weight is 517 g/mol. The van der Waals surface area contributed by atoms with Crippen molar-refractivity contribution in [3.05, 3.63) is 59.2 Å².